The van der Waals surface area contributed by atoms with Crippen LogP contribution in [0.4, 0.5) is 0 Å². The molecular weight excluding hydrogens is 238 g/mol. The van der Waals surface area contributed by atoms with Gasteiger partial charge in [-0.3, -0.25) is 0 Å². The Bertz CT molecular complexity index is 395. The number of thiocarbonyl (C=S) groups is 1. The van der Waals surface area contributed by atoms with Gasteiger partial charge in [0.25, 0.3) is 0 Å². The molecule has 0 heterocycles. The minimum Gasteiger partial charge on any atom is -0.497 e. The zero-order chi connectivity index (χ0) is 12.8. The quantitative estimate of drug-likeness (QED) is 0.785. The maximum Gasteiger partial charge on any atom is 0.133 e. The average Bonchev–Trinajstić information content (AvgIpc) is 2.28. The van der Waals surface area contributed by atoms with E-state index in [0.717, 1.165) is 0 Å². The Balaban J connectivity index is 2.96. The van der Waals surface area contributed by atoms with E-state index in [0.29, 0.717) is 28.7 Å². The molecule has 0 aliphatic carbocycles. The van der Waals surface area contributed by atoms with Crippen molar-refractivity contribution >= 4 is 17.2 Å². The van der Waals surface area contributed by atoms with E-state index in [9.17, 15) is 0 Å². The SMILES string of the molecule is COCC(C)Oc1cc(OC)ccc1C(N)=S. The highest BCUT2D eigenvalue weighted by atomic mass is 32.1. The van der Waals surface area contributed by atoms with Gasteiger partial charge < -0.3 is 19.9 Å². The lowest BCUT2D eigenvalue weighted by atomic mass is 10.2. The molecule has 0 spiro atoms. The lowest BCUT2D eigenvalue weighted by Gasteiger charge is -2.17. The van der Waals surface area contributed by atoms with Crippen LogP contribution in [0.3, 0.4) is 0 Å². The molecule has 0 radical (unpaired) electrons. The van der Waals surface area contributed by atoms with E-state index >= 15 is 0 Å². The van der Waals surface area contributed by atoms with E-state index in [1.165, 1.54) is 0 Å². The molecule has 4 nitrogen and oxygen atoms in total. The Morgan fingerprint density at radius 1 is 1.41 bits per heavy atom. The van der Waals surface area contributed by atoms with Crippen molar-refractivity contribution in [1.82, 2.24) is 0 Å². The second-order valence-corrected chi connectivity index (χ2v) is 4.05. The van der Waals surface area contributed by atoms with Crippen molar-refractivity contribution in [2.24, 2.45) is 5.73 Å². The Hall–Kier alpha value is -1.33. The van der Waals surface area contributed by atoms with Crippen molar-refractivity contribution in [2.75, 3.05) is 20.8 Å². The summed E-state index contributed by atoms with van der Waals surface area (Å²) < 4.78 is 15.9. The van der Waals surface area contributed by atoms with Crippen LogP contribution in [0.5, 0.6) is 11.5 Å². The van der Waals surface area contributed by atoms with Crippen molar-refractivity contribution in [3.63, 3.8) is 0 Å². The fraction of sp³-hybridized carbons (Fsp3) is 0.417. The average molecular weight is 255 g/mol. The summed E-state index contributed by atoms with van der Waals surface area (Å²) >= 11 is 4.97. The number of ether oxygens (including phenoxy) is 3. The molecule has 1 atom stereocenters. The lowest BCUT2D eigenvalue weighted by Crippen LogP contribution is -2.20. The Morgan fingerprint density at radius 3 is 2.65 bits per heavy atom. The molecule has 0 fully saturated rings. The van der Waals surface area contributed by atoms with Crippen LogP contribution in [0.25, 0.3) is 0 Å². The fourth-order valence-electron chi connectivity index (χ4n) is 1.42. The molecule has 5 heteroatoms. The first-order chi connectivity index (χ1) is 8.08. The van der Waals surface area contributed by atoms with Crippen LogP contribution >= 0.6 is 12.2 Å². The molecule has 0 bridgehead atoms. The Labute approximate surface area is 107 Å². The van der Waals surface area contributed by atoms with Gasteiger partial charge in [-0.1, -0.05) is 12.2 Å². The lowest BCUT2D eigenvalue weighted by molar-refractivity contribution is 0.0918. The summed E-state index contributed by atoms with van der Waals surface area (Å²) in [5.41, 5.74) is 6.33. The number of nitrogens with two attached hydrogens (primary N) is 1. The second-order valence-electron chi connectivity index (χ2n) is 3.61. The van der Waals surface area contributed by atoms with Crippen LogP contribution < -0.4 is 15.2 Å². The minimum absolute atomic E-state index is 0.0831. The first kappa shape index (κ1) is 13.7. The van der Waals surface area contributed by atoms with Crippen molar-refractivity contribution in [2.45, 2.75) is 13.0 Å². The third-order valence-corrected chi connectivity index (χ3v) is 2.40. The summed E-state index contributed by atoms with van der Waals surface area (Å²) in [4.78, 5) is 0.298. The molecular formula is C12H17NO3S. The first-order valence-corrected chi connectivity index (χ1v) is 5.62. The standard InChI is InChI=1S/C12H17NO3S/c1-8(7-14-2)16-11-6-9(15-3)4-5-10(11)12(13)17/h4-6,8H,7H2,1-3H3,(H2,13,17). The first-order valence-electron chi connectivity index (χ1n) is 5.22. The molecule has 1 unspecified atom stereocenters. The maximum atomic E-state index is 5.72. The minimum atomic E-state index is -0.0831. The van der Waals surface area contributed by atoms with Gasteiger partial charge in [-0.2, -0.15) is 0 Å². The number of hydrogen-bond acceptors (Lipinski definition) is 4. The molecule has 2 N–H and O–H groups in total. The van der Waals surface area contributed by atoms with Crippen LogP contribution in [0.1, 0.15) is 12.5 Å². The molecule has 1 aromatic rings. The van der Waals surface area contributed by atoms with Crippen LogP contribution in [-0.4, -0.2) is 31.9 Å². The summed E-state index contributed by atoms with van der Waals surface area (Å²) in [7, 11) is 3.22. The summed E-state index contributed by atoms with van der Waals surface area (Å²) in [6.45, 7) is 2.40. The predicted octanol–water partition coefficient (Wildman–Crippen LogP) is 1.74. The van der Waals surface area contributed by atoms with Gasteiger partial charge in [-0.25, -0.2) is 0 Å². The highest BCUT2D eigenvalue weighted by Gasteiger charge is 2.11. The van der Waals surface area contributed by atoms with Crippen LogP contribution in [0, 0.1) is 0 Å². The monoisotopic (exact) mass is 255 g/mol. The van der Waals surface area contributed by atoms with E-state index in [4.69, 9.17) is 32.2 Å². The van der Waals surface area contributed by atoms with Crippen molar-refractivity contribution < 1.29 is 14.2 Å². The summed E-state index contributed by atoms with van der Waals surface area (Å²) in [6, 6.07) is 5.35. The normalized spacial score (nSPS) is 11.9. The Morgan fingerprint density at radius 2 is 2.12 bits per heavy atom. The van der Waals surface area contributed by atoms with Crippen LogP contribution in [0.2, 0.25) is 0 Å². The van der Waals surface area contributed by atoms with Crippen molar-refractivity contribution in [1.29, 1.82) is 0 Å². The maximum absolute atomic E-state index is 5.72. The van der Waals surface area contributed by atoms with E-state index in [1.807, 2.05) is 6.92 Å². The number of hydrogen-bond donors (Lipinski definition) is 1. The third-order valence-electron chi connectivity index (χ3n) is 2.18. The predicted molar refractivity (Wildman–Crippen MR) is 70.8 cm³/mol. The van der Waals surface area contributed by atoms with Gasteiger partial charge in [-0.05, 0) is 19.1 Å². The van der Waals surface area contributed by atoms with E-state index in [-0.39, 0.29) is 6.10 Å². The van der Waals surface area contributed by atoms with E-state index in [2.05, 4.69) is 0 Å². The fourth-order valence-corrected chi connectivity index (χ4v) is 1.58. The molecule has 1 aromatic carbocycles. The van der Waals surface area contributed by atoms with Gasteiger partial charge >= 0.3 is 0 Å². The zero-order valence-corrected chi connectivity index (χ0v) is 11.0. The van der Waals surface area contributed by atoms with Crippen LogP contribution in [0.15, 0.2) is 18.2 Å². The van der Waals surface area contributed by atoms with Gasteiger partial charge in [0.2, 0.25) is 0 Å². The molecule has 94 valence electrons. The van der Waals surface area contributed by atoms with Gasteiger partial charge in [0.05, 0.1) is 19.3 Å². The largest absolute Gasteiger partial charge is 0.497 e. The summed E-state index contributed by atoms with van der Waals surface area (Å²) in [5, 5.41) is 0. The second kappa shape index (κ2) is 6.42. The molecule has 0 saturated carbocycles. The molecule has 17 heavy (non-hydrogen) atoms. The van der Waals surface area contributed by atoms with Crippen molar-refractivity contribution in [3.05, 3.63) is 23.8 Å². The molecule has 0 saturated heterocycles. The molecule has 1 rings (SSSR count). The molecule has 0 aromatic heterocycles. The van der Waals surface area contributed by atoms with Crippen molar-refractivity contribution in [3.8, 4) is 11.5 Å². The van der Waals surface area contributed by atoms with Crippen LogP contribution in [-0.2, 0) is 4.74 Å². The smallest absolute Gasteiger partial charge is 0.133 e. The molecule has 0 amide bonds. The Kier molecular flexibility index (Phi) is 5.18. The highest BCUT2D eigenvalue weighted by molar-refractivity contribution is 7.80. The van der Waals surface area contributed by atoms with E-state index in [1.54, 1.807) is 32.4 Å². The highest BCUT2D eigenvalue weighted by Crippen LogP contribution is 2.25. The van der Waals surface area contributed by atoms with Gasteiger partial charge in [0.1, 0.15) is 22.6 Å². The summed E-state index contributed by atoms with van der Waals surface area (Å²) in [5.74, 6) is 1.31. The van der Waals surface area contributed by atoms with Gasteiger partial charge in [-0.15, -0.1) is 0 Å². The zero-order valence-electron chi connectivity index (χ0n) is 10.2. The third kappa shape index (κ3) is 3.87. The van der Waals surface area contributed by atoms with E-state index < -0.39 is 0 Å². The molecule has 0 aliphatic heterocycles. The molecule has 0 aliphatic rings. The topological polar surface area (TPSA) is 53.7 Å². The van der Waals surface area contributed by atoms with Gasteiger partial charge in [0.15, 0.2) is 0 Å². The summed E-state index contributed by atoms with van der Waals surface area (Å²) in [6.07, 6.45) is -0.0831. The number of benzene rings is 1. The number of rotatable bonds is 6. The van der Waals surface area contributed by atoms with Gasteiger partial charge in [0, 0.05) is 13.2 Å². The number of methoxy groups -OCH3 is 2.